The number of halogens is 6. The summed E-state index contributed by atoms with van der Waals surface area (Å²) in [7, 11) is 0. The number of carbonyl (C=O) groups excluding carboxylic acids is 2. The second kappa shape index (κ2) is 7.60. The summed E-state index contributed by atoms with van der Waals surface area (Å²) in [4.78, 5) is 28.0. The lowest BCUT2D eigenvalue weighted by Crippen LogP contribution is -2.24. The number of pyridine rings is 1. The van der Waals surface area contributed by atoms with Crippen molar-refractivity contribution in [2.75, 3.05) is 0 Å². The Hall–Kier alpha value is -3.32. The van der Waals surface area contributed by atoms with Gasteiger partial charge in [-0.3, -0.25) is 14.3 Å². The van der Waals surface area contributed by atoms with Crippen molar-refractivity contribution in [3.8, 4) is 0 Å². The fourth-order valence-electron chi connectivity index (χ4n) is 4.07. The highest BCUT2D eigenvalue weighted by atomic mass is 19.4. The fraction of sp³-hybridized carbons (Fsp3) is 0.500. The van der Waals surface area contributed by atoms with Gasteiger partial charge >= 0.3 is 12.4 Å². The molecule has 0 bridgehead atoms. The maximum atomic E-state index is 14.0. The Labute approximate surface area is 187 Å². The van der Waals surface area contributed by atoms with Gasteiger partial charge in [-0.15, -0.1) is 0 Å². The Morgan fingerprint density at radius 1 is 1.26 bits per heavy atom. The molecule has 34 heavy (non-hydrogen) atoms. The molecule has 2 aromatic rings. The summed E-state index contributed by atoms with van der Waals surface area (Å²) in [6.07, 6.45) is -8.12. The van der Waals surface area contributed by atoms with Crippen molar-refractivity contribution in [3.63, 3.8) is 0 Å². The minimum atomic E-state index is -5.01. The fourth-order valence-corrected chi connectivity index (χ4v) is 4.07. The third-order valence-corrected chi connectivity index (χ3v) is 6.09. The zero-order valence-corrected chi connectivity index (χ0v) is 17.6. The zero-order valence-electron chi connectivity index (χ0n) is 17.6. The van der Waals surface area contributed by atoms with Gasteiger partial charge in [-0.05, 0) is 36.8 Å². The number of hydrogen-bond donors (Lipinski definition) is 2. The molecule has 2 saturated carbocycles. The molecule has 2 aromatic heterocycles. The monoisotopic (exact) mass is 491 g/mol. The number of aromatic nitrogens is 3. The van der Waals surface area contributed by atoms with E-state index in [-0.39, 0.29) is 11.8 Å². The molecule has 3 N–H and O–H groups in total. The molecule has 0 saturated heterocycles. The number of nitrogens with two attached hydrogens (primary N) is 1. The molecule has 2 aliphatic rings. The molecule has 8 nitrogen and oxygen atoms in total. The van der Waals surface area contributed by atoms with Gasteiger partial charge in [0.1, 0.15) is 17.0 Å². The second-order valence-electron chi connectivity index (χ2n) is 8.89. The number of primary amides is 1. The SMILES string of the molecule is CC1(Cn2nc(C3CC3)c(C(F)(F)F)c2C(=O)N=c2ccn(O)c(C(N)=O)c2)CC1C(F)(F)F. The second-order valence-corrected chi connectivity index (χ2v) is 8.89. The van der Waals surface area contributed by atoms with Crippen LogP contribution in [0.5, 0.6) is 0 Å². The van der Waals surface area contributed by atoms with Crippen molar-refractivity contribution < 1.29 is 41.1 Å². The molecule has 14 heteroatoms. The lowest BCUT2D eigenvalue weighted by Gasteiger charge is -2.15. The first kappa shape index (κ1) is 23.8. The molecule has 0 aliphatic heterocycles. The van der Waals surface area contributed by atoms with Crippen molar-refractivity contribution in [1.29, 1.82) is 0 Å². The maximum Gasteiger partial charge on any atom is 0.420 e. The van der Waals surface area contributed by atoms with Crippen LogP contribution in [-0.4, -0.2) is 37.7 Å². The van der Waals surface area contributed by atoms with E-state index >= 15 is 0 Å². The predicted octanol–water partition coefficient (Wildman–Crippen LogP) is 3.25. The first-order valence-corrected chi connectivity index (χ1v) is 10.2. The normalized spacial score (nSPS) is 23.3. The molecule has 0 spiro atoms. The molecule has 2 amide bonds. The van der Waals surface area contributed by atoms with E-state index in [0.717, 1.165) is 18.3 Å². The molecule has 0 aromatic carbocycles. The summed E-state index contributed by atoms with van der Waals surface area (Å²) in [6, 6.07) is 1.93. The molecular weight excluding hydrogens is 472 g/mol. The molecule has 2 fully saturated rings. The Kier molecular flexibility index (Phi) is 5.33. The van der Waals surface area contributed by atoms with Crippen LogP contribution in [0.25, 0.3) is 0 Å². The smallest absolute Gasteiger partial charge is 0.420 e. The van der Waals surface area contributed by atoms with E-state index in [2.05, 4.69) is 10.1 Å². The van der Waals surface area contributed by atoms with Crippen molar-refractivity contribution >= 4 is 11.8 Å². The summed E-state index contributed by atoms with van der Waals surface area (Å²) in [5.74, 6) is -4.77. The van der Waals surface area contributed by atoms with Gasteiger partial charge in [-0.2, -0.15) is 36.2 Å². The Morgan fingerprint density at radius 2 is 1.91 bits per heavy atom. The van der Waals surface area contributed by atoms with Crippen molar-refractivity contribution in [2.24, 2.45) is 22.1 Å². The van der Waals surface area contributed by atoms with E-state index in [1.807, 2.05) is 0 Å². The van der Waals surface area contributed by atoms with Crippen LogP contribution in [-0.2, 0) is 12.7 Å². The van der Waals surface area contributed by atoms with Crippen molar-refractivity contribution in [2.45, 2.75) is 51.0 Å². The highest BCUT2D eigenvalue weighted by Crippen LogP contribution is 2.61. The minimum absolute atomic E-state index is 0.288. The molecule has 2 heterocycles. The third kappa shape index (κ3) is 4.40. The maximum absolute atomic E-state index is 14.0. The van der Waals surface area contributed by atoms with E-state index in [1.54, 1.807) is 0 Å². The quantitative estimate of drug-likeness (QED) is 0.494. The average Bonchev–Trinajstić information content (AvgIpc) is 3.60. The third-order valence-electron chi connectivity index (χ3n) is 6.09. The van der Waals surface area contributed by atoms with Crippen molar-refractivity contribution in [1.82, 2.24) is 14.5 Å². The summed E-state index contributed by atoms with van der Waals surface area (Å²) >= 11 is 0. The molecule has 2 atom stereocenters. The molecule has 2 aliphatic carbocycles. The van der Waals surface area contributed by atoms with E-state index < -0.39 is 70.6 Å². The van der Waals surface area contributed by atoms with Gasteiger partial charge in [0.15, 0.2) is 0 Å². The Balaban J connectivity index is 1.83. The van der Waals surface area contributed by atoms with Gasteiger partial charge < -0.3 is 10.9 Å². The molecule has 184 valence electrons. The van der Waals surface area contributed by atoms with Gasteiger partial charge in [0, 0.05) is 18.7 Å². The molecular formula is C20H19F6N5O3. The Morgan fingerprint density at radius 3 is 2.41 bits per heavy atom. The number of nitrogens with zero attached hydrogens (tertiary/aromatic N) is 4. The van der Waals surface area contributed by atoms with E-state index in [1.165, 1.54) is 6.92 Å². The van der Waals surface area contributed by atoms with Crippen LogP contribution in [0.4, 0.5) is 26.3 Å². The number of alkyl halides is 6. The highest BCUT2D eigenvalue weighted by Gasteiger charge is 2.64. The standard InChI is InChI=1S/C20H19F6N5O3/c1-18(7-12(18)19(21,22)23)8-30-15(13(20(24,25)26)14(29-30)9-2-3-9)17(33)28-10-4-5-31(34)11(6-10)16(27)32/h4-6,9,12,34H,2-3,7-8H2,1H3,(H2,27,32). The van der Waals surface area contributed by atoms with Crippen LogP contribution in [0, 0.1) is 11.3 Å². The number of hydrogen-bond acceptors (Lipinski definition) is 4. The van der Waals surface area contributed by atoms with Crippen LogP contribution in [0.1, 0.15) is 64.3 Å². The summed E-state index contributed by atoms with van der Waals surface area (Å²) in [5, 5.41) is 13.2. The topological polar surface area (TPSA) is 116 Å². The Bertz CT molecular complexity index is 1240. The van der Waals surface area contributed by atoms with Crippen molar-refractivity contribution in [3.05, 3.63) is 46.3 Å². The van der Waals surface area contributed by atoms with Crippen LogP contribution in [0.3, 0.4) is 0 Å². The predicted molar refractivity (Wildman–Crippen MR) is 102 cm³/mol. The van der Waals surface area contributed by atoms with Gasteiger partial charge in [-0.1, -0.05) is 6.92 Å². The number of rotatable bonds is 5. The van der Waals surface area contributed by atoms with E-state index in [9.17, 15) is 41.1 Å². The van der Waals surface area contributed by atoms with Crippen LogP contribution < -0.4 is 11.1 Å². The van der Waals surface area contributed by atoms with Crippen LogP contribution >= 0.6 is 0 Å². The zero-order chi connectivity index (χ0) is 25.2. The van der Waals surface area contributed by atoms with Crippen LogP contribution in [0.15, 0.2) is 23.3 Å². The summed E-state index contributed by atoms with van der Waals surface area (Å²) in [6.45, 7) is 0.722. The molecule has 2 unspecified atom stereocenters. The van der Waals surface area contributed by atoms with Gasteiger partial charge in [-0.25, -0.2) is 4.99 Å². The highest BCUT2D eigenvalue weighted by molar-refractivity contribution is 5.95. The van der Waals surface area contributed by atoms with E-state index in [4.69, 9.17) is 5.73 Å². The minimum Gasteiger partial charge on any atom is -0.428 e. The molecule has 4 rings (SSSR count). The lowest BCUT2D eigenvalue weighted by atomic mass is 10.1. The number of amides is 2. The van der Waals surface area contributed by atoms with Gasteiger partial charge in [0.05, 0.1) is 17.0 Å². The first-order valence-electron chi connectivity index (χ1n) is 10.2. The van der Waals surface area contributed by atoms with Gasteiger partial charge in [0.25, 0.3) is 11.8 Å². The lowest BCUT2D eigenvalue weighted by molar-refractivity contribution is -0.156. The van der Waals surface area contributed by atoms with Gasteiger partial charge in [0.2, 0.25) is 0 Å². The summed E-state index contributed by atoms with van der Waals surface area (Å²) in [5.41, 5.74) is 0.510. The average molecular weight is 491 g/mol. The molecule has 0 radical (unpaired) electrons. The summed E-state index contributed by atoms with van der Waals surface area (Å²) < 4.78 is 82.6. The largest absolute Gasteiger partial charge is 0.428 e. The van der Waals surface area contributed by atoms with E-state index in [0.29, 0.717) is 22.3 Å². The first-order chi connectivity index (χ1) is 15.6. The number of carbonyl (C=O) groups is 2. The van der Waals surface area contributed by atoms with Crippen LogP contribution in [0.2, 0.25) is 0 Å².